The summed E-state index contributed by atoms with van der Waals surface area (Å²) >= 11 is 0. The minimum atomic E-state index is -0.932. The maximum Gasteiger partial charge on any atom is 0.306 e. The zero-order valence-electron chi connectivity index (χ0n) is 17.1. The zero-order valence-corrected chi connectivity index (χ0v) is 17.1. The third-order valence-corrected chi connectivity index (χ3v) is 4.37. The van der Waals surface area contributed by atoms with Gasteiger partial charge >= 0.3 is 11.9 Å². The molecule has 1 aromatic rings. The Labute approximate surface area is 162 Å². The number of benzene rings is 1. The fourth-order valence-corrected chi connectivity index (χ4v) is 3.14. The Balaban J connectivity index is 3.11. The van der Waals surface area contributed by atoms with Crippen molar-refractivity contribution in [3.8, 4) is 6.07 Å². The van der Waals surface area contributed by atoms with Crippen LogP contribution in [0.5, 0.6) is 0 Å². The van der Waals surface area contributed by atoms with Crippen LogP contribution in [0, 0.1) is 11.3 Å². The summed E-state index contributed by atoms with van der Waals surface area (Å²) in [5.41, 5.74) is 0.997. The molecule has 0 radical (unpaired) electrons. The molecule has 5 heteroatoms. The van der Waals surface area contributed by atoms with Crippen molar-refractivity contribution in [2.45, 2.75) is 84.3 Å². The van der Waals surface area contributed by atoms with Crippen molar-refractivity contribution in [1.82, 2.24) is 0 Å². The van der Waals surface area contributed by atoms with Gasteiger partial charge in [-0.1, -0.05) is 31.2 Å². The molecule has 5 nitrogen and oxygen atoms in total. The topological polar surface area (TPSA) is 76.4 Å². The molecular formula is C22H31NO4. The molecule has 148 valence electrons. The smallest absolute Gasteiger partial charge is 0.306 e. The normalized spacial score (nSPS) is 11.3. The summed E-state index contributed by atoms with van der Waals surface area (Å²) < 4.78 is 10.4. The van der Waals surface area contributed by atoms with Crippen molar-refractivity contribution >= 4 is 11.9 Å². The van der Waals surface area contributed by atoms with Crippen molar-refractivity contribution in [1.29, 1.82) is 5.26 Å². The van der Waals surface area contributed by atoms with E-state index in [0.29, 0.717) is 12.8 Å². The van der Waals surface area contributed by atoms with E-state index in [1.54, 1.807) is 27.7 Å². The van der Waals surface area contributed by atoms with E-state index in [1.165, 1.54) is 0 Å². The number of nitriles is 1. The minimum absolute atomic E-state index is 0.128. The third-order valence-electron chi connectivity index (χ3n) is 4.37. The molecule has 0 aliphatic heterocycles. The summed E-state index contributed by atoms with van der Waals surface area (Å²) in [5, 5.41) is 10.1. The van der Waals surface area contributed by atoms with E-state index >= 15 is 0 Å². The van der Waals surface area contributed by atoms with Gasteiger partial charge in [0.2, 0.25) is 0 Å². The SMILES string of the molecule is CCc1ccccc1C(C#N)(CCC(=O)OC(C)C)CCC(=O)OC(C)C. The second-order valence-corrected chi connectivity index (χ2v) is 7.28. The van der Waals surface area contributed by atoms with Crippen LogP contribution in [0.25, 0.3) is 0 Å². The molecule has 0 unspecified atom stereocenters. The van der Waals surface area contributed by atoms with Crippen LogP contribution < -0.4 is 0 Å². The average molecular weight is 373 g/mol. The van der Waals surface area contributed by atoms with Crippen LogP contribution in [0.15, 0.2) is 24.3 Å². The van der Waals surface area contributed by atoms with Crippen molar-refractivity contribution < 1.29 is 19.1 Å². The van der Waals surface area contributed by atoms with Crippen LogP contribution in [-0.4, -0.2) is 24.1 Å². The van der Waals surface area contributed by atoms with Gasteiger partial charge < -0.3 is 9.47 Å². The zero-order chi connectivity index (χ0) is 20.4. The Hall–Kier alpha value is -2.35. The van der Waals surface area contributed by atoms with E-state index in [0.717, 1.165) is 17.5 Å². The first-order chi connectivity index (χ1) is 12.7. The molecule has 0 heterocycles. The first kappa shape index (κ1) is 22.7. The van der Waals surface area contributed by atoms with Crippen molar-refractivity contribution in [3.63, 3.8) is 0 Å². The standard InChI is InChI=1S/C22H31NO4/c1-6-18-9-7-8-10-19(18)22(15-23,13-11-20(24)26-16(2)3)14-12-21(25)27-17(4)5/h7-10,16-17H,6,11-14H2,1-5H3. The quantitative estimate of drug-likeness (QED) is 0.565. The van der Waals surface area contributed by atoms with E-state index in [1.807, 2.05) is 31.2 Å². The van der Waals surface area contributed by atoms with Gasteiger partial charge in [0.1, 0.15) is 0 Å². The highest BCUT2D eigenvalue weighted by atomic mass is 16.5. The third kappa shape index (κ3) is 7.05. The molecule has 27 heavy (non-hydrogen) atoms. The van der Waals surface area contributed by atoms with Gasteiger partial charge in [0.25, 0.3) is 0 Å². The highest BCUT2D eigenvalue weighted by Gasteiger charge is 2.35. The molecule has 0 amide bonds. The number of esters is 2. The molecule has 0 N–H and O–H groups in total. The molecule has 0 atom stereocenters. The number of aryl methyl sites for hydroxylation is 1. The second kappa shape index (κ2) is 10.7. The fraction of sp³-hybridized carbons (Fsp3) is 0.591. The summed E-state index contributed by atoms with van der Waals surface area (Å²) in [4.78, 5) is 24.1. The van der Waals surface area contributed by atoms with Crippen LogP contribution in [0.1, 0.15) is 71.4 Å². The Bertz CT molecular complexity index is 647. The van der Waals surface area contributed by atoms with Gasteiger partial charge in [0, 0.05) is 12.8 Å². The number of carbonyl (C=O) groups is 2. The summed E-state index contributed by atoms with van der Waals surface area (Å²) in [6, 6.07) is 10.1. The van der Waals surface area contributed by atoms with Gasteiger partial charge in [0.05, 0.1) is 23.7 Å². The van der Waals surface area contributed by atoms with Gasteiger partial charge in [0.15, 0.2) is 0 Å². The molecule has 0 bridgehead atoms. The van der Waals surface area contributed by atoms with E-state index in [9.17, 15) is 14.9 Å². The van der Waals surface area contributed by atoms with Crippen LogP contribution >= 0.6 is 0 Å². The predicted octanol–water partition coefficient (Wildman–Crippen LogP) is 4.47. The van der Waals surface area contributed by atoms with Crippen LogP contribution in [-0.2, 0) is 30.9 Å². The van der Waals surface area contributed by atoms with Gasteiger partial charge in [-0.3, -0.25) is 9.59 Å². The number of nitrogens with zero attached hydrogens (tertiary/aromatic N) is 1. The van der Waals surface area contributed by atoms with Crippen LogP contribution in [0.2, 0.25) is 0 Å². The minimum Gasteiger partial charge on any atom is -0.463 e. The Morgan fingerprint density at radius 1 is 1.00 bits per heavy atom. The monoisotopic (exact) mass is 373 g/mol. The summed E-state index contributed by atoms with van der Waals surface area (Å²) in [6.45, 7) is 9.21. The number of ether oxygens (including phenoxy) is 2. The maximum atomic E-state index is 12.1. The van der Waals surface area contributed by atoms with Gasteiger partial charge in [-0.25, -0.2) is 0 Å². The molecule has 0 aromatic heterocycles. The lowest BCUT2D eigenvalue weighted by atomic mass is 9.72. The fourth-order valence-electron chi connectivity index (χ4n) is 3.14. The highest BCUT2D eigenvalue weighted by molar-refractivity contribution is 5.71. The van der Waals surface area contributed by atoms with Gasteiger partial charge in [-0.15, -0.1) is 0 Å². The molecule has 0 aliphatic rings. The lowest BCUT2D eigenvalue weighted by Gasteiger charge is -2.29. The largest absolute Gasteiger partial charge is 0.463 e. The first-order valence-electron chi connectivity index (χ1n) is 9.62. The van der Waals surface area contributed by atoms with E-state index in [4.69, 9.17) is 9.47 Å². The molecule has 0 saturated carbocycles. The molecule has 0 saturated heterocycles. The summed E-state index contributed by atoms with van der Waals surface area (Å²) in [5.74, 6) is -0.660. The molecular weight excluding hydrogens is 342 g/mol. The molecule has 1 rings (SSSR count). The molecule has 0 fully saturated rings. The van der Waals surface area contributed by atoms with Crippen molar-refractivity contribution in [2.75, 3.05) is 0 Å². The Kier molecular flexibility index (Phi) is 9.00. The van der Waals surface area contributed by atoms with Crippen molar-refractivity contribution in [3.05, 3.63) is 35.4 Å². The lowest BCUT2D eigenvalue weighted by molar-refractivity contribution is -0.147. The predicted molar refractivity (Wildman–Crippen MR) is 104 cm³/mol. The number of hydrogen-bond acceptors (Lipinski definition) is 5. The Morgan fingerprint density at radius 3 is 1.89 bits per heavy atom. The number of carbonyl (C=O) groups excluding carboxylic acids is 2. The van der Waals surface area contributed by atoms with E-state index < -0.39 is 5.41 Å². The average Bonchev–Trinajstić information content (AvgIpc) is 2.61. The first-order valence-corrected chi connectivity index (χ1v) is 9.62. The molecule has 0 spiro atoms. The second-order valence-electron chi connectivity index (χ2n) is 7.28. The lowest BCUT2D eigenvalue weighted by Crippen LogP contribution is -2.29. The van der Waals surface area contributed by atoms with Gasteiger partial charge in [-0.05, 0) is 58.1 Å². The van der Waals surface area contributed by atoms with E-state index in [2.05, 4.69) is 6.07 Å². The summed E-state index contributed by atoms with van der Waals surface area (Å²) in [6.07, 6.45) is 1.25. The molecule has 0 aliphatic carbocycles. The number of hydrogen-bond donors (Lipinski definition) is 0. The van der Waals surface area contributed by atoms with Crippen LogP contribution in [0.4, 0.5) is 0 Å². The molecule has 1 aromatic carbocycles. The van der Waals surface area contributed by atoms with E-state index in [-0.39, 0.29) is 37.0 Å². The summed E-state index contributed by atoms with van der Waals surface area (Å²) in [7, 11) is 0. The van der Waals surface area contributed by atoms with Gasteiger partial charge in [-0.2, -0.15) is 5.26 Å². The highest BCUT2D eigenvalue weighted by Crippen LogP contribution is 2.36. The maximum absolute atomic E-state index is 12.1. The van der Waals surface area contributed by atoms with Crippen LogP contribution in [0.3, 0.4) is 0 Å². The Morgan fingerprint density at radius 2 is 1.48 bits per heavy atom. The van der Waals surface area contributed by atoms with Crippen molar-refractivity contribution in [2.24, 2.45) is 0 Å². The number of rotatable bonds is 10.